The maximum atomic E-state index is 12.3. The smallest absolute Gasteiger partial charge is 0.419 e. The predicted octanol–water partition coefficient (Wildman–Crippen LogP) is 2.43. The molecule has 0 aliphatic carbocycles. The van der Waals surface area contributed by atoms with Crippen molar-refractivity contribution in [1.82, 2.24) is 4.57 Å². The summed E-state index contributed by atoms with van der Waals surface area (Å²) in [5.41, 5.74) is 4.18. The molecule has 0 spiro atoms. The van der Waals surface area contributed by atoms with Gasteiger partial charge in [-0.2, -0.15) is 0 Å². The third-order valence-corrected chi connectivity index (χ3v) is 2.86. The normalized spacial score (nSPS) is 11.4. The number of ether oxygens (including phenoxy) is 1. The van der Waals surface area contributed by atoms with Gasteiger partial charge in [0.25, 0.3) is 11.6 Å². The first-order valence-corrected chi connectivity index (χ1v) is 6.43. The Kier molecular flexibility index (Phi) is 3.62. The van der Waals surface area contributed by atoms with E-state index >= 15 is 0 Å². The number of fused-ring (bicyclic) bond motifs is 1. The Labute approximate surface area is 125 Å². The van der Waals surface area contributed by atoms with Crippen LogP contribution in [-0.4, -0.2) is 27.1 Å². The second kappa shape index (κ2) is 5.14. The second-order valence-electron chi connectivity index (χ2n) is 5.69. The summed E-state index contributed by atoms with van der Waals surface area (Å²) >= 11 is 0. The predicted molar refractivity (Wildman–Crippen MR) is 78.7 cm³/mol. The Morgan fingerprint density at radius 3 is 2.45 bits per heavy atom. The number of nitro groups is 1. The number of non-ortho nitro benzene ring substituents is 1. The number of nitrogens with zero attached hydrogens (tertiary/aromatic N) is 2. The molecule has 1 heterocycles. The van der Waals surface area contributed by atoms with Crippen LogP contribution >= 0.6 is 0 Å². The van der Waals surface area contributed by atoms with Crippen LogP contribution in [-0.2, 0) is 4.74 Å². The van der Waals surface area contributed by atoms with Crippen molar-refractivity contribution in [2.45, 2.75) is 26.4 Å². The molecule has 0 saturated carbocycles. The third-order valence-electron chi connectivity index (χ3n) is 2.86. The van der Waals surface area contributed by atoms with Crippen molar-refractivity contribution in [2.75, 3.05) is 0 Å². The van der Waals surface area contributed by atoms with Crippen molar-refractivity contribution in [3.63, 3.8) is 0 Å². The first kappa shape index (κ1) is 15.5. The number of rotatable bonds is 2. The summed E-state index contributed by atoms with van der Waals surface area (Å²) in [5, 5.41) is 11.4. The van der Waals surface area contributed by atoms with E-state index in [4.69, 9.17) is 10.5 Å². The van der Waals surface area contributed by atoms with Gasteiger partial charge >= 0.3 is 6.09 Å². The molecule has 116 valence electrons. The number of benzene rings is 1. The molecule has 0 atom stereocenters. The van der Waals surface area contributed by atoms with Crippen LogP contribution in [0.5, 0.6) is 0 Å². The Balaban J connectivity index is 2.75. The van der Waals surface area contributed by atoms with Crippen LogP contribution in [0.3, 0.4) is 0 Å². The van der Waals surface area contributed by atoms with E-state index in [0.717, 1.165) is 10.8 Å². The molecule has 2 aromatic rings. The molecule has 0 bridgehead atoms. The molecule has 1 aromatic heterocycles. The Bertz CT molecular complexity index is 786. The highest BCUT2D eigenvalue weighted by atomic mass is 16.6. The molecule has 0 saturated heterocycles. The van der Waals surface area contributed by atoms with Gasteiger partial charge in [0.2, 0.25) is 0 Å². The van der Waals surface area contributed by atoms with E-state index < -0.39 is 22.5 Å². The maximum absolute atomic E-state index is 12.3. The molecule has 8 heteroatoms. The van der Waals surface area contributed by atoms with E-state index in [-0.39, 0.29) is 22.2 Å². The highest BCUT2D eigenvalue weighted by Crippen LogP contribution is 2.30. The van der Waals surface area contributed by atoms with Crippen LogP contribution in [0.2, 0.25) is 0 Å². The van der Waals surface area contributed by atoms with E-state index in [1.54, 1.807) is 20.8 Å². The SMILES string of the molecule is CC(C)(C)OC(=O)n1cc(C(N)=O)c2cccc([N+](=O)[O-])c21. The average Bonchev–Trinajstić information content (AvgIpc) is 2.75. The average molecular weight is 305 g/mol. The fraction of sp³-hybridized carbons (Fsp3) is 0.286. The molecule has 1 aromatic carbocycles. The van der Waals surface area contributed by atoms with Gasteiger partial charge in [0.05, 0.1) is 10.5 Å². The minimum atomic E-state index is -0.820. The number of hydrogen-bond donors (Lipinski definition) is 1. The first-order valence-electron chi connectivity index (χ1n) is 6.43. The van der Waals surface area contributed by atoms with Crippen LogP contribution in [0, 0.1) is 10.1 Å². The monoisotopic (exact) mass is 305 g/mol. The molecule has 22 heavy (non-hydrogen) atoms. The van der Waals surface area contributed by atoms with Crippen molar-refractivity contribution in [3.8, 4) is 0 Å². The molecule has 0 unspecified atom stereocenters. The van der Waals surface area contributed by atoms with Crippen LogP contribution in [0.25, 0.3) is 10.9 Å². The van der Waals surface area contributed by atoms with Gasteiger partial charge in [-0.25, -0.2) is 9.36 Å². The van der Waals surface area contributed by atoms with Gasteiger partial charge in [-0.1, -0.05) is 12.1 Å². The maximum Gasteiger partial charge on any atom is 0.419 e. The van der Waals surface area contributed by atoms with Gasteiger partial charge < -0.3 is 10.5 Å². The zero-order chi connectivity index (χ0) is 16.7. The third kappa shape index (κ3) is 2.76. The van der Waals surface area contributed by atoms with E-state index in [9.17, 15) is 19.7 Å². The van der Waals surface area contributed by atoms with Gasteiger partial charge in [-0.05, 0) is 20.8 Å². The van der Waals surface area contributed by atoms with Gasteiger partial charge in [-0.3, -0.25) is 14.9 Å². The summed E-state index contributed by atoms with van der Waals surface area (Å²) in [5.74, 6) is -0.784. The van der Waals surface area contributed by atoms with Crippen molar-refractivity contribution in [2.24, 2.45) is 5.73 Å². The molecular formula is C14H15N3O5. The van der Waals surface area contributed by atoms with E-state index in [1.165, 1.54) is 18.2 Å². The summed E-state index contributed by atoms with van der Waals surface area (Å²) < 4.78 is 6.15. The van der Waals surface area contributed by atoms with Gasteiger partial charge in [0.1, 0.15) is 11.1 Å². The molecule has 1 amide bonds. The molecule has 0 fully saturated rings. The fourth-order valence-electron chi connectivity index (χ4n) is 2.06. The number of hydrogen-bond acceptors (Lipinski definition) is 5. The van der Waals surface area contributed by atoms with Gasteiger partial charge in [-0.15, -0.1) is 0 Å². The minimum absolute atomic E-state index is 0.0180. The summed E-state index contributed by atoms with van der Waals surface area (Å²) in [7, 11) is 0. The minimum Gasteiger partial charge on any atom is -0.443 e. The molecule has 0 radical (unpaired) electrons. The number of nitro benzene ring substituents is 1. The highest BCUT2D eigenvalue weighted by Gasteiger charge is 2.26. The second-order valence-corrected chi connectivity index (χ2v) is 5.69. The summed E-state index contributed by atoms with van der Waals surface area (Å²) in [6, 6.07) is 4.16. The number of carbonyl (C=O) groups excluding carboxylic acids is 2. The van der Waals surface area contributed by atoms with Crippen LogP contribution in [0.1, 0.15) is 31.1 Å². The molecule has 2 N–H and O–H groups in total. The number of primary amides is 1. The number of carbonyl (C=O) groups is 2. The molecule has 0 aliphatic rings. The van der Waals surface area contributed by atoms with E-state index in [2.05, 4.69) is 0 Å². The highest BCUT2D eigenvalue weighted by molar-refractivity contribution is 6.10. The van der Waals surface area contributed by atoms with Crippen molar-refractivity contribution in [1.29, 1.82) is 0 Å². The molecular weight excluding hydrogens is 290 g/mol. The van der Waals surface area contributed by atoms with Crippen molar-refractivity contribution < 1.29 is 19.2 Å². The summed E-state index contributed by atoms with van der Waals surface area (Å²) in [6.07, 6.45) is 0.341. The largest absolute Gasteiger partial charge is 0.443 e. The standard InChI is InChI=1S/C14H15N3O5/c1-14(2,3)22-13(19)16-7-9(12(15)18)8-5-4-6-10(11(8)16)17(20)21/h4-7H,1-3H3,(H2,15,18). The molecule has 0 aliphatic heterocycles. The molecule has 2 rings (SSSR count). The van der Waals surface area contributed by atoms with Gasteiger partial charge in [0.15, 0.2) is 0 Å². The number of aromatic nitrogens is 1. The van der Waals surface area contributed by atoms with Crippen molar-refractivity contribution >= 4 is 28.6 Å². The van der Waals surface area contributed by atoms with E-state index in [0.29, 0.717) is 0 Å². The molecule has 8 nitrogen and oxygen atoms in total. The fourth-order valence-corrected chi connectivity index (χ4v) is 2.06. The number of amides is 1. The Hall–Kier alpha value is -2.90. The van der Waals surface area contributed by atoms with Gasteiger partial charge in [0, 0.05) is 17.6 Å². The quantitative estimate of drug-likeness (QED) is 0.675. The lowest BCUT2D eigenvalue weighted by molar-refractivity contribution is -0.383. The number of para-hydroxylation sites is 1. The summed E-state index contributed by atoms with van der Waals surface area (Å²) in [4.78, 5) is 34.3. The Morgan fingerprint density at radius 2 is 1.95 bits per heavy atom. The van der Waals surface area contributed by atoms with E-state index in [1.807, 2.05) is 0 Å². The number of nitrogens with two attached hydrogens (primary N) is 1. The van der Waals surface area contributed by atoms with Crippen LogP contribution in [0.15, 0.2) is 24.4 Å². The zero-order valence-electron chi connectivity index (χ0n) is 12.3. The topological polar surface area (TPSA) is 117 Å². The zero-order valence-corrected chi connectivity index (χ0v) is 12.3. The lowest BCUT2D eigenvalue weighted by atomic mass is 10.1. The van der Waals surface area contributed by atoms with Crippen LogP contribution < -0.4 is 5.73 Å². The Morgan fingerprint density at radius 1 is 1.32 bits per heavy atom. The van der Waals surface area contributed by atoms with Crippen LogP contribution in [0.4, 0.5) is 10.5 Å². The lowest BCUT2D eigenvalue weighted by Gasteiger charge is -2.19. The summed E-state index contributed by atoms with van der Waals surface area (Å²) in [6.45, 7) is 5.00. The first-order chi connectivity index (χ1) is 10.1. The lowest BCUT2D eigenvalue weighted by Crippen LogP contribution is -2.27. The van der Waals surface area contributed by atoms with Crippen molar-refractivity contribution in [3.05, 3.63) is 40.1 Å².